The van der Waals surface area contributed by atoms with Crippen LogP contribution in [-0.2, 0) is 0 Å². The molecule has 108 valence electrons. The fourth-order valence-corrected chi connectivity index (χ4v) is 2.94. The van der Waals surface area contributed by atoms with Crippen LogP contribution in [0.25, 0.3) is 0 Å². The molecule has 1 aliphatic rings. The van der Waals surface area contributed by atoms with Crippen molar-refractivity contribution in [2.75, 3.05) is 19.6 Å². The van der Waals surface area contributed by atoms with E-state index in [-0.39, 0.29) is 0 Å². The van der Waals surface area contributed by atoms with Crippen molar-refractivity contribution >= 4 is 0 Å². The lowest BCUT2D eigenvalue weighted by Crippen LogP contribution is -2.28. The summed E-state index contributed by atoms with van der Waals surface area (Å²) in [7, 11) is 0. The van der Waals surface area contributed by atoms with Gasteiger partial charge in [-0.25, -0.2) is 0 Å². The summed E-state index contributed by atoms with van der Waals surface area (Å²) in [5, 5.41) is 0. The Balaban J connectivity index is 2.15. The second-order valence-electron chi connectivity index (χ2n) is 5.99. The molecule has 1 aliphatic carbocycles. The van der Waals surface area contributed by atoms with E-state index in [1.54, 1.807) is 0 Å². The van der Waals surface area contributed by atoms with Crippen molar-refractivity contribution < 1.29 is 0 Å². The maximum atomic E-state index is 5.70. The van der Waals surface area contributed by atoms with Gasteiger partial charge in [-0.15, -0.1) is 0 Å². The highest BCUT2D eigenvalue weighted by molar-refractivity contribution is 4.84. The molecule has 18 heavy (non-hydrogen) atoms. The van der Waals surface area contributed by atoms with Gasteiger partial charge in [0.2, 0.25) is 0 Å². The van der Waals surface area contributed by atoms with Crippen LogP contribution in [0.15, 0.2) is 0 Å². The van der Waals surface area contributed by atoms with Crippen molar-refractivity contribution in [3.63, 3.8) is 0 Å². The molecule has 0 bridgehead atoms. The van der Waals surface area contributed by atoms with Crippen molar-refractivity contribution in [2.24, 2.45) is 11.7 Å². The van der Waals surface area contributed by atoms with Crippen molar-refractivity contribution in [1.29, 1.82) is 0 Å². The topological polar surface area (TPSA) is 29.3 Å². The molecule has 0 aromatic carbocycles. The van der Waals surface area contributed by atoms with Gasteiger partial charge < -0.3 is 10.6 Å². The minimum Gasteiger partial charge on any atom is -0.330 e. The smallest absolute Gasteiger partial charge is 0.00964 e. The van der Waals surface area contributed by atoms with Crippen LogP contribution < -0.4 is 5.73 Å². The summed E-state index contributed by atoms with van der Waals surface area (Å²) in [6.45, 7) is 8.11. The number of rotatable bonds is 12. The van der Waals surface area contributed by atoms with Crippen LogP contribution in [0.2, 0.25) is 0 Å². The first-order valence-corrected chi connectivity index (χ1v) is 8.25. The van der Waals surface area contributed by atoms with Crippen LogP contribution in [0, 0.1) is 5.92 Å². The van der Waals surface area contributed by atoms with Crippen molar-refractivity contribution in [3.8, 4) is 0 Å². The lowest BCUT2D eigenvalue weighted by molar-refractivity contribution is 0.244. The van der Waals surface area contributed by atoms with Gasteiger partial charge in [-0.05, 0) is 64.1 Å². The Hall–Kier alpha value is -0.0800. The molecule has 0 aliphatic heterocycles. The number of nitrogens with zero attached hydrogens (tertiary/aromatic N) is 1. The SMILES string of the molecule is CCCCN(CCCC(CCC)CCN)C1CC1. The van der Waals surface area contributed by atoms with Crippen LogP contribution >= 0.6 is 0 Å². The molecule has 1 unspecified atom stereocenters. The second kappa shape index (κ2) is 9.80. The molecule has 0 saturated heterocycles. The van der Waals surface area contributed by atoms with Gasteiger partial charge in [-0.1, -0.05) is 33.1 Å². The first-order chi connectivity index (χ1) is 8.81. The van der Waals surface area contributed by atoms with Gasteiger partial charge in [-0.2, -0.15) is 0 Å². The molecule has 0 spiro atoms. The zero-order valence-corrected chi connectivity index (χ0v) is 12.7. The quantitative estimate of drug-likeness (QED) is 0.574. The van der Waals surface area contributed by atoms with E-state index >= 15 is 0 Å². The molecule has 2 heteroatoms. The third-order valence-corrected chi connectivity index (χ3v) is 4.19. The third kappa shape index (κ3) is 6.75. The number of hydrogen-bond donors (Lipinski definition) is 1. The maximum absolute atomic E-state index is 5.70. The van der Waals surface area contributed by atoms with Crippen LogP contribution in [-0.4, -0.2) is 30.6 Å². The van der Waals surface area contributed by atoms with Gasteiger partial charge in [-0.3, -0.25) is 0 Å². The van der Waals surface area contributed by atoms with Crippen molar-refractivity contribution in [2.45, 2.75) is 77.7 Å². The van der Waals surface area contributed by atoms with Gasteiger partial charge in [0.1, 0.15) is 0 Å². The number of unbranched alkanes of at least 4 members (excludes halogenated alkanes) is 1. The zero-order valence-electron chi connectivity index (χ0n) is 12.7. The average molecular weight is 254 g/mol. The van der Waals surface area contributed by atoms with Gasteiger partial charge in [0.05, 0.1) is 0 Å². The Morgan fingerprint density at radius 1 is 1.00 bits per heavy atom. The van der Waals surface area contributed by atoms with Crippen molar-refractivity contribution in [1.82, 2.24) is 4.90 Å². The van der Waals surface area contributed by atoms with E-state index in [0.29, 0.717) is 0 Å². The van der Waals surface area contributed by atoms with E-state index in [4.69, 9.17) is 5.73 Å². The highest BCUT2D eigenvalue weighted by atomic mass is 15.2. The van der Waals surface area contributed by atoms with Gasteiger partial charge in [0.25, 0.3) is 0 Å². The molecule has 0 aromatic rings. The van der Waals surface area contributed by atoms with E-state index in [1.807, 2.05) is 0 Å². The number of hydrogen-bond acceptors (Lipinski definition) is 2. The molecule has 1 atom stereocenters. The molecule has 0 heterocycles. The molecule has 1 rings (SSSR count). The largest absolute Gasteiger partial charge is 0.330 e. The van der Waals surface area contributed by atoms with E-state index in [0.717, 1.165) is 18.5 Å². The maximum Gasteiger partial charge on any atom is 0.00964 e. The first-order valence-electron chi connectivity index (χ1n) is 8.25. The Bertz CT molecular complexity index is 184. The van der Waals surface area contributed by atoms with E-state index in [2.05, 4.69) is 18.7 Å². The minimum absolute atomic E-state index is 0.868. The summed E-state index contributed by atoms with van der Waals surface area (Å²) in [4.78, 5) is 2.74. The molecule has 1 saturated carbocycles. The van der Waals surface area contributed by atoms with Crippen LogP contribution in [0.3, 0.4) is 0 Å². The molecule has 2 nitrogen and oxygen atoms in total. The standard InChI is InChI=1S/C16H34N2/c1-3-5-13-18(16-9-10-16)14-6-8-15(7-4-2)11-12-17/h15-16H,3-14,17H2,1-2H3. The normalized spacial score (nSPS) is 17.3. The Kier molecular flexibility index (Phi) is 8.70. The molecule has 0 aromatic heterocycles. The number of nitrogens with two attached hydrogens (primary N) is 1. The van der Waals surface area contributed by atoms with Crippen LogP contribution in [0.1, 0.15) is 71.6 Å². The summed E-state index contributed by atoms with van der Waals surface area (Å²) in [5.74, 6) is 0.882. The molecule has 2 N–H and O–H groups in total. The average Bonchev–Trinajstić information content (AvgIpc) is 3.18. The lowest BCUT2D eigenvalue weighted by atomic mass is 9.94. The van der Waals surface area contributed by atoms with E-state index in [9.17, 15) is 0 Å². The summed E-state index contributed by atoms with van der Waals surface area (Å²) in [6.07, 6.45) is 12.3. The fraction of sp³-hybridized carbons (Fsp3) is 1.00. The lowest BCUT2D eigenvalue weighted by Gasteiger charge is -2.23. The fourth-order valence-electron chi connectivity index (χ4n) is 2.94. The van der Waals surface area contributed by atoms with Gasteiger partial charge in [0, 0.05) is 6.04 Å². The van der Waals surface area contributed by atoms with Crippen molar-refractivity contribution in [3.05, 3.63) is 0 Å². The van der Waals surface area contributed by atoms with Crippen LogP contribution in [0.5, 0.6) is 0 Å². The van der Waals surface area contributed by atoms with E-state index in [1.165, 1.54) is 70.9 Å². The highest BCUT2D eigenvalue weighted by Gasteiger charge is 2.27. The molecule has 0 amide bonds. The molecular formula is C16H34N2. The Morgan fingerprint density at radius 2 is 1.72 bits per heavy atom. The summed E-state index contributed by atoms with van der Waals surface area (Å²) in [6, 6.07) is 0.940. The summed E-state index contributed by atoms with van der Waals surface area (Å²) in [5.41, 5.74) is 5.70. The van der Waals surface area contributed by atoms with Gasteiger partial charge >= 0.3 is 0 Å². The van der Waals surface area contributed by atoms with E-state index < -0.39 is 0 Å². The Labute approximate surface area is 114 Å². The summed E-state index contributed by atoms with van der Waals surface area (Å²) >= 11 is 0. The Morgan fingerprint density at radius 3 is 2.28 bits per heavy atom. The monoisotopic (exact) mass is 254 g/mol. The minimum atomic E-state index is 0.868. The highest BCUT2D eigenvalue weighted by Crippen LogP contribution is 2.28. The second-order valence-corrected chi connectivity index (χ2v) is 5.99. The zero-order chi connectivity index (χ0) is 13.2. The molecule has 0 radical (unpaired) electrons. The molecular weight excluding hydrogens is 220 g/mol. The summed E-state index contributed by atoms with van der Waals surface area (Å²) < 4.78 is 0. The predicted octanol–water partition coefficient (Wildman–Crippen LogP) is 3.80. The first kappa shape index (κ1) is 16.0. The molecule has 1 fully saturated rings. The van der Waals surface area contributed by atoms with Gasteiger partial charge in [0.15, 0.2) is 0 Å². The predicted molar refractivity (Wildman–Crippen MR) is 80.8 cm³/mol. The van der Waals surface area contributed by atoms with Crippen LogP contribution in [0.4, 0.5) is 0 Å². The third-order valence-electron chi connectivity index (χ3n) is 4.19.